The Morgan fingerprint density at radius 1 is 1.38 bits per heavy atom. The lowest BCUT2D eigenvalue weighted by Gasteiger charge is -2.39. The lowest BCUT2D eigenvalue weighted by molar-refractivity contribution is -0.155. The maximum absolute atomic E-state index is 13.0. The van der Waals surface area contributed by atoms with Crippen molar-refractivity contribution in [1.29, 1.82) is 0 Å². The van der Waals surface area contributed by atoms with Gasteiger partial charge in [0.1, 0.15) is 6.10 Å². The Hall–Kier alpha value is -2.31. The number of carbonyl (C=O) groups excluding carboxylic acids is 1. The van der Waals surface area contributed by atoms with Gasteiger partial charge in [-0.05, 0) is 36.1 Å². The van der Waals surface area contributed by atoms with Crippen LogP contribution in [0.3, 0.4) is 0 Å². The Morgan fingerprint density at radius 2 is 2.12 bits per heavy atom. The molecular formula is C20H22O6. The molecule has 1 fully saturated rings. The Balaban J connectivity index is 1.90. The molecule has 138 valence electrons. The molecule has 3 aliphatic rings. The lowest BCUT2D eigenvalue weighted by atomic mass is 9.70. The zero-order valence-electron chi connectivity index (χ0n) is 14.8. The fraction of sp³-hybridized carbons (Fsp3) is 0.450. The summed E-state index contributed by atoms with van der Waals surface area (Å²) in [6.07, 6.45) is 2.51. The number of hydrogen-bond donors (Lipinski definition) is 2. The van der Waals surface area contributed by atoms with Crippen molar-refractivity contribution < 1.29 is 29.2 Å². The van der Waals surface area contributed by atoms with Crippen LogP contribution in [0.25, 0.3) is 0 Å². The van der Waals surface area contributed by atoms with Gasteiger partial charge < -0.3 is 24.4 Å². The van der Waals surface area contributed by atoms with Crippen molar-refractivity contribution in [2.45, 2.75) is 31.0 Å². The summed E-state index contributed by atoms with van der Waals surface area (Å²) < 4.78 is 16.0. The van der Waals surface area contributed by atoms with Crippen molar-refractivity contribution in [1.82, 2.24) is 0 Å². The van der Waals surface area contributed by atoms with Crippen LogP contribution in [0.5, 0.6) is 11.5 Å². The maximum atomic E-state index is 13.0. The summed E-state index contributed by atoms with van der Waals surface area (Å²) in [6, 6.07) is 5.34. The van der Waals surface area contributed by atoms with Crippen molar-refractivity contribution in [3.63, 3.8) is 0 Å². The molecule has 1 aromatic rings. The first-order valence-corrected chi connectivity index (χ1v) is 8.62. The number of ketones is 1. The van der Waals surface area contributed by atoms with E-state index in [9.17, 15) is 15.0 Å². The van der Waals surface area contributed by atoms with E-state index in [-0.39, 0.29) is 18.5 Å². The van der Waals surface area contributed by atoms with E-state index in [2.05, 4.69) is 6.58 Å². The van der Waals surface area contributed by atoms with Gasteiger partial charge in [0.25, 0.3) is 0 Å². The Kier molecular flexibility index (Phi) is 3.68. The first-order valence-electron chi connectivity index (χ1n) is 8.62. The number of rotatable bonds is 4. The molecule has 5 unspecified atom stereocenters. The van der Waals surface area contributed by atoms with Crippen LogP contribution in [0, 0.1) is 11.3 Å². The number of hydrogen-bond acceptors (Lipinski definition) is 6. The summed E-state index contributed by atoms with van der Waals surface area (Å²) in [5.74, 6) is -0.188. The van der Waals surface area contributed by atoms with Gasteiger partial charge in [0.05, 0.1) is 7.11 Å². The van der Waals surface area contributed by atoms with Crippen molar-refractivity contribution in [3.8, 4) is 11.5 Å². The highest BCUT2D eigenvalue weighted by Crippen LogP contribution is 2.63. The number of methoxy groups -OCH3 is 1. The summed E-state index contributed by atoms with van der Waals surface area (Å²) in [7, 11) is 1.39. The van der Waals surface area contributed by atoms with Crippen LogP contribution >= 0.6 is 0 Å². The van der Waals surface area contributed by atoms with Gasteiger partial charge in [0.15, 0.2) is 22.9 Å². The molecule has 0 radical (unpaired) electrons. The topological polar surface area (TPSA) is 85.2 Å². The average Bonchev–Trinajstić information content (AvgIpc) is 3.14. The minimum Gasteiger partial charge on any atom is -0.493 e. The molecule has 1 aliphatic heterocycles. The van der Waals surface area contributed by atoms with Crippen molar-refractivity contribution in [2.75, 3.05) is 13.9 Å². The molecule has 6 heteroatoms. The zero-order valence-corrected chi connectivity index (χ0v) is 14.8. The average molecular weight is 358 g/mol. The first-order chi connectivity index (χ1) is 12.4. The first kappa shape index (κ1) is 17.1. The molecule has 4 rings (SSSR count). The molecule has 2 aliphatic carbocycles. The van der Waals surface area contributed by atoms with E-state index >= 15 is 0 Å². The molecule has 2 N–H and O–H groups in total. The molecule has 5 atom stereocenters. The molecule has 6 nitrogen and oxygen atoms in total. The minimum atomic E-state index is -1.98. The Morgan fingerprint density at radius 3 is 2.81 bits per heavy atom. The van der Waals surface area contributed by atoms with Crippen LogP contribution < -0.4 is 9.47 Å². The molecule has 0 amide bonds. The lowest BCUT2D eigenvalue weighted by Crippen LogP contribution is -2.56. The van der Waals surface area contributed by atoms with Crippen LogP contribution in [0.2, 0.25) is 0 Å². The van der Waals surface area contributed by atoms with E-state index in [0.717, 1.165) is 0 Å². The third-order valence-corrected chi connectivity index (χ3v) is 6.21. The normalized spacial score (nSPS) is 37.5. The van der Waals surface area contributed by atoms with Crippen LogP contribution in [-0.4, -0.2) is 41.6 Å². The highest BCUT2D eigenvalue weighted by molar-refractivity contribution is 6.03. The Labute approximate surface area is 151 Å². The van der Waals surface area contributed by atoms with E-state index in [0.29, 0.717) is 23.5 Å². The molecule has 1 saturated carbocycles. The van der Waals surface area contributed by atoms with Gasteiger partial charge in [-0.1, -0.05) is 19.1 Å². The van der Waals surface area contributed by atoms with Crippen LogP contribution in [0.4, 0.5) is 0 Å². The predicted octanol–water partition coefficient (Wildman–Crippen LogP) is 1.92. The second kappa shape index (κ2) is 5.59. The molecule has 26 heavy (non-hydrogen) atoms. The summed E-state index contributed by atoms with van der Waals surface area (Å²) in [5.41, 5.74) is -2.10. The minimum absolute atomic E-state index is 0.0785. The van der Waals surface area contributed by atoms with Crippen molar-refractivity contribution in [3.05, 3.63) is 48.3 Å². The SMILES string of the molecule is C=CCC12C=C(OC)C(=O)C(O)(C(c3ccc4c(c3)OCO4)C1C)C2O. The highest BCUT2D eigenvalue weighted by atomic mass is 16.7. The maximum Gasteiger partial charge on any atom is 0.231 e. The third kappa shape index (κ3) is 1.91. The molecule has 0 spiro atoms. The fourth-order valence-corrected chi connectivity index (χ4v) is 4.91. The van der Waals surface area contributed by atoms with Gasteiger partial charge in [0.2, 0.25) is 12.6 Å². The van der Waals surface area contributed by atoms with Gasteiger partial charge >= 0.3 is 0 Å². The van der Waals surface area contributed by atoms with Crippen molar-refractivity contribution >= 4 is 5.78 Å². The van der Waals surface area contributed by atoms with E-state index in [1.807, 2.05) is 6.92 Å². The standard InChI is InChI=1S/C20H22O6/c1-4-7-19-9-15(24-3)17(21)20(23,18(19)22)16(11(19)2)12-5-6-13-14(8-12)26-10-25-13/h4-6,8-9,11,16,18,22-23H,1,7,10H2,2-3H3. The predicted molar refractivity (Wildman–Crippen MR) is 92.8 cm³/mol. The monoisotopic (exact) mass is 358 g/mol. The number of fused-ring (bicyclic) bond motifs is 3. The number of ether oxygens (including phenoxy) is 3. The van der Waals surface area contributed by atoms with Gasteiger partial charge in [-0.15, -0.1) is 6.58 Å². The number of carbonyl (C=O) groups is 1. The number of Topliss-reactive ketones (excluding diaryl/α,β-unsaturated/α-hetero) is 1. The largest absolute Gasteiger partial charge is 0.493 e. The van der Waals surface area contributed by atoms with Crippen LogP contribution in [-0.2, 0) is 9.53 Å². The van der Waals surface area contributed by atoms with Crippen LogP contribution in [0.1, 0.15) is 24.8 Å². The number of allylic oxidation sites excluding steroid dienone is 1. The fourth-order valence-electron chi connectivity index (χ4n) is 4.91. The molecule has 1 aromatic carbocycles. The summed E-state index contributed by atoms with van der Waals surface area (Å²) in [6.45, 7) is 5.86. The van der Waals surface area contributed by atoms with Crippen molar-refractivity contribution in [2.24, 2.45) is 11.3 Å². The smallest absolute Gasteiger partial charge is 0.231 e. The molecule has 2 bridgehead atoms. The number of aliphatic hydroxyl groups is 2. The molecular weight excluding hydrogens is 336 g/mol. The van der Waals surface area contributed by atoms with Gasteiger partial charge in [-0.2, -0.15) is 0 Å². The molecule has 1 heterocycles. The summed E-state index contributed by atoms with van der Waals surface area (Å²) >= 11 is 0. The van der Waals surface area contributed by atoms with E-state index in [1.165, 1.54) is 7.11 Å². The van der Waals surface area contributed by atoms with Crippen LogP contribution in [0.15, 0.2) is 42.7 Å². The van der Waals surface area contributed by atoms with E-state index in [4.69, 9.17) is 14.2 Å². The summed E-state index contributed by atoms with van der Waals surface area (Å²) in [5, 5.41) is 22.5. The number of benzene rings is 1. The van der Waals surface area contributed by atoms with E-state index < -0.39 is 28.8 Å². The highest BCUT2D eigenvalue weighted by Gasteiger charge is 2.71. The van der Waals surface area contributed by atoms with E-state index in [1.54, 1.807) is 30.4 Å². The van der Waals surface area contributed by atoms with Gasteiger partial charge in [-0.3, -0.25) is 4.79 Å². The summed E-state index contributed by atoms with van der Waals surface area (Å²) in [4.78, 5) is 13.0. The molecule has 0 saturated heterocycles. The zero-order chi connectivity index (χ0) is 18.7. The second-order valence-corrected chi connectivity index (χ2v) is 7.25. The van der Waals surface area contributed by atoms with Gasteiger partial charge in [0, 0.05) is 11.3 Å². The van der Waals surface area contributed by atoms with Gasteiger partial charge in [-0.25, -0.2) is 0 Å². The Bertz CT molecular complexity index is 815. The third-order valence-electron chi connectivity index (χ3n) is 6.21. The molecule has 0 aromatic heterocycles. The second-order valence-electron chi connectivity index (χ2n) is 7.25. The number of aliphatic hydroxyl groups excluding tert-OH is 1. The quantitative estimate of drug-likeness (QED) is 0.800.